The summed E-state index contributed by atoms with van der Waals surface area (Å²) in [6.07, 6.45) is -0.851. The van der Waals surface area contributed by atoms with Crippen molar-refractivity contribution in [1.29, 1.82) is 0 Å². The molecule has 1 aliphatic heterocycles. The summed E-state index contributed by atoms with van der Waals surface area (Å²) in [6, 6.07) is 7.60. The van der Waals surface area contributed by atoms with Gasteiger partial charge in [0.15, 0.2) is 0 Å². The highest BCUT2D eigenvalue weighted by atomic mass is 19.4. The number of hydrogen-bond donors (Lipinski definition) is 0. The number of aromatic nitrogens is 2. The third kappa shape index (κ3) is 4.68. The van der Waals surface area contributed by atoms with Crippen LogP contribution in [0.15, 0.2) is 36.5 Å². The molecule has 2 aromatic rings. The molecule has 0 amide bonds. The maximum Gasteiger partial charge on any atom is 0.416 e. The van der Waals surface area contributed by atoms with E-state index in [1.54, 1.807) is 31.5 Å². The van der Waals surface area contributed by atoms with E-state index in [9.17, 15) is 13.2 Å². The van der Waals surface area contributed by atoms with Gasteiger partial charge in [-0.3, -0.25) is 4.90 Å². The predicted octanol–water partition coefficient (Wildman–Crippen LogP) is 3.60. The number of halogens is 3. The van der Waals surface area contributed by atoms with Gasteiger partial charge in [0.05, 0.1) is 12.7 Å². The van der Waals surface area contributed by atoms with E-state index < -0.39 is 11.7 Å². The first kappa shape index (κ1) is 19.4. The van der Waals surface area contributed by atoms with Crippen LogP contribution in [0.25, 0.3) is 0 Å². The maximum atomic E-state index is 13.2. The van der Waals surface area contributed by atoms with Crippen LogP contribution in [0.1, 0.15) is 24.0 Å². The minimum absolute atomic E-state index is 0.129. The molecule has 0 aliphatic carbocycles. The number of benzene rings is 1. The topological polar surface area (TPSA) is 41.5 Å². The molecule has 0 saturated carbocycles. The minimum Gasteiger partial charge on any atom is -0.481 e. The summed E-state index contributed by atoms with van der Waals surface area (Å²) in [5.41, 5.74) is -0.248. The first-order chi connectivity index (χ1) is 12.9. The number of methoxy groups -OCH3 is 1. The van der Waals surface area contributed by atoms with Gasteiger partial charge in [-0.25, -0.2) is 4.98 Å². The number of rotatable bonds is 5. The SMILES string of the molecule is COc1ccnc(N(C)C2CCCN(Cc3ccccc3C(F)(F)F)C2)n1. The fraction of sp³-hybridized carbons (Fsp3) is 0.474. The van der Waals surface area contributed by atoms with Crippen molar-refractivity contribution >= 4 is 5.95 Å². The summed E-state index contributed by atoms with van der Waals surface area (Å²) in [7, 11) is 3.46. The highest BCUT2D eigenvalue weighted by Gasteiger charge is 2.34. The van der Waals surface area contributed by atoms with Gasteiger partial charge < -0.3 is 9.64 Å². The van der Waals surface area contributed by atoms with Gasteiger partial charge in [0.2, 0.25) is 11.8 Å². The number of likely N-dealkylation sites (N-methyl/N-ethyl adjacent to an activating group) is 1. The lowest BCUT2D eigenvalue weighted by atomic mass is 10.0. The van der Waals surface area contributed by atoms with Crippen molar-refractivity contribution in [2.45, 2.75) is 31.6 Å². The second-order valence-corrected chi connectivity index (χ2v) is 6.70. The first-order valence-electron chi connectivity index (χ1n) is 8.86. The van der Waals surface area contributed by atoms with Crippen LogP contribution in [0.5, 0.6) is 5.88 Å². The molecule has 0 N–H and O–H groups in total. The number of nitrogens with zero attached hydrogens (tertiary/aromatic N) is 4. The molecule has 8 heteroatoms. The molecule has 1 aromatic heterocycles. The van der Waals surface area contributed by atoms with Crippen molar-refractivity contribution in [3.05, 3.63) is 47.7 Å². The van der Waals surface area contributed by atoms with Gasteiger partial charge in [-0.15, -0.1) is 0 Å². The molecule has 1 aliphatic rings. The van der Waals surface area contributed by atoms with E-state index in [1.165, 1.54) is 6.07 Å². The molecule has 0 bridgehead atoms. The van der Waals surface area contributed by atoms with Crippen molar-refractivity contribution in [3.63, 3.8) is 0 Å². The second-order valence-electron chi connectivity index (χ2n) is 6.70. The van der Waals surface area contributed by atoms with Crippen molar-refractivity contribution < 1.29 is 17.9 Å². The Labute approximate surface area is 156 Å². The molecule has 1 saturated heterocycles. The predicted molar refractivity (Wildman–Crippen MR) is 96.7 cm³/mol. The van der Waals surface area contributed by atoms with Crippen LogP contribution in [-0.2, 0) is 12.7 Å². The molecule has 2 heterocycles. The van der Waals surface area contributed by atoms with Crippen LogP contribution in [0, 0.1) is 0 Å². The van der Waals surface area contributed by atoms with E-state index in [0.29, 0.717) is 23.9 Å². The Morgan fingerprint density at radius 2 is 2.04 bits per heavy atom. The average molecular weight is 380 g/mol. The molecule has 1 fully saturated rings. The molecule has 1 unspecified atom stereocenters. The monoisotopic (exact) mass is 380 g/mol. The molecule has 146 valence electrons. The highest BCUT2D eigenvalue weighted by Crippen LogP contribution is 2.33. The van der Waals surface area contributed by atoms with Crippen molar-refractivity contribution in [2.24, 2.45) is 0 Å². The maximum absolute atomic E-state index is 13.2. The minimum atomic E-state index is -4.34. The van der Waals surface area contributed by atoms with Gasteiger partial charge in [-0.2, -0.15) is 18.2 Å². The van der Waals surface area contributed by atoms with Gasteiger partial charge in [-0.05, 0) is 31.0 Å². The lowest BCUT2D eigenvalue weighted by Crippen LogP contribution is -2.46. The zero-order valence-electron chi connectivity index (χ0n) is 15.4. The highest BCUT2D eigenvalue weighted by molar-refractivity contribution is 5.33. The Kier molecular flexibility index (Phi) is 5.84. The van der Waals surface area contributed by atoms with E-state index in [0.717, 1.165) is 25.5 Å². The van der Waals surface area contributed by atoms with Crippen LogP contribution in [0.4, 0.5) is 19.1 Å². The van der Waals surface area contributed by atoms with Crippen LogP contribution in [-0.4, -0.2) is 48.2 Å². The van der Waals surface area contributed by atoms with E-state index in [1.807, 2.05) is 11.9 Å². The second kappa shape index (κ2) is 8.12. The molecule has 5 nitrogen and oxygen atoms in total. The molecular weight excluding hydrogens is 357 g/mol. The van der Waals surface area contributed by atoms with Crippen LogP contribution in [0.2, 0.25) is 0 Å². The smallest absolute Gasteiger partial charge is 0.416 e. The molecule has 0 radical (unpaired) electrons. The van der Waals surface area contributed by atoms with Gasteiger partial charge in [0.1, 0.15) is 0 Å². The number of alkyl halides is 3. The molecule has 3 rings (SSSR count). The fourth-order valence-electron chi connectivity index (χ4n) is 3.45. The van der Waals surface area contributed by atoms with Gasteiger partial charge in [-0.1, -0.05) is 18.2 Å². The molecule has 27 heavy (non-hydrogen) atoms. The number of hydrogen-bond acceptors (Lipinski definition) is 5. The van der Waals surface area contributed by atoms with Gasteiger partial charge >= 0.3 is 6.18 Å². The Morgan fingerprint density at radius 1 is 1.26 bits per heavy atom. The zero-order valence-corrected chi connectivity index (χ0v) is 15.4. The van der Waals surface area contributed by atoms with E-state index >= 15 is 0 Å². The third-order valence-electron chi connectivity index (χ3n) is 4.89. The summed E-state index contributed by atoms with van der Waals surface area (Å²) in [5.74, 6) is 1.04. The van der Waals surface area contributed by atoms with Crippen molar-refractivity contribution in [2.75, 3.05) is 32.1 Å². The van der Waals surface area contributed by atoms with Gasteiger partial charge in [0, 0.05) is 38.4 Å². The van der Waals surface area contributed by atoms with E-state index in [4.69, 9.17) is 4.74 Å². The Hall–Kier alpha value is -2.35. The zero-order chi connectivity index (χ0) is 19.4. The van der Waals surface area contributed by atoms with Crippen LogP contribution in [0.3, 0.4) is 0 Å². The molecule has 0 spiro atoms. The molecular formula is C19H23F3N4O. The standard InChI is InChI=1S/C19H23F3N4O/c1-25(18-23-10-9-17(24-18)27-2)15-7-5-11-26(13-15)12-14-6-3-4-8-16(14)19(20,21)22/h3-4,6,8-10,15H,5,7,11-13H2,1-2H3. The Morgan fingerprint density at radius 3 is 2.78 bits per heavy atom. The summed E-state index contributed by atoms with van der Waals surface area (Å²) in [6.45, 7) is 1.71. The average Bonchev–Trinajstić information content (AvgIpc) is 2.67. The lowest BCUT2D eigenvalue weighted by Gasteiger charge is -2.38. The van der Waals surface area contributed by atoms with Gasteiger partial charge in [0.25, 0.3) is 0 Å². The Bertz CT molecular complexity index is 769. The van der Waals surface area contributed by atoms with Crippen LogP contribution < -0.4 is 9.64 Å². The van der Waals surface area contributed by atoms with Crippen LogP contribution >= 0.6 is 0 Å². The van der Waals surface area contributed by atoms with E-state index in [2.05, 4.69) is 14.9 Å². The van der Waals surface area contributed by atoms with Crippen molar-refractivity contribution in [1.82, 2.24) is 14.9 Å². The first-order valence-corrected chi connectivity index (χ1v) is 8.86. The number of ether oxygens (including phenoxy) is 1. The third-order valence-corrected chi connectivity index (χ3v) is 4.89. The number of anilines is 1. The number of likely N-dealkylation sites (tertiary alicyclic amines) is 1. The van der Waals surface area contributed by atoms with E-state index in [-0.39, 0.29) is 12.6 Å². The quantitative estimate of drug-likeness (QED) is 0.793. The fourth-order valence-corrected chi connectivity index (χ4v) is 3.45. The summed E-state index contributed by atoms with van der Waals surface area (Å²) >= 11 is 0. The summed E-state index contributed by atoms with van der Waals surface area (Å²) in [4.78, 5) is 12.7. The summed E-state index contributed by atoms with van der Waals surface area (Å²) < 4.78 is 44.9. The molecule has 1 aromatic carbocycles. The molecule has 1 atom stereocenters. The largest absolute Gasteiger partial charge is 0.481 e. The van der Waals surface area contributed by atoms with Crippen molar-refractivity contribution in [3.8, 4) is 5.88 Å². The lowest BCUT2D eigenvalue weighted by molar-refractivity contribution is -0.138. The normalized spacial score (nSPS) is 18.3. The number of piperidine rings is 1. The summed E-state index contributed by atoms with van der Waals surface area (Å²) in [5, 5.41) is 0. The Balaban J connectivity index is 1.71.